The Morgan fingerprint density at radius 3 is 2.55 bits per heavy atom. The summed E-state index contributed by atoms with van der Waals surface area (Å²) >= 11 is 6.68. The number of nitrogens with two attached hydrogens (primary N) is 1. The highest BCUT2D eigenvalue weighted by Gasteiger charge is 2.44. The van der Waals surface area contributed by atoms with Crippen molar-refractivity contribution in [2.24, 2.45) is 11.1 Å². The van der Waals surface area contributed by atoms with Crippen molar-refractivity contribution >= 4 is 17.4 Å². The molecule has 1 aliphatic carbocycles. The van der Waals surface area contributed by atoms with Crippen molar-refractivity contribution < 1.29 is 23.4 Å². The number of halogens is 2. The van der Waals surface area contributed by atoms with E-state index in [-0.39, 0.29) is 34.2 Å². The Kier molecular flexibility index (Phi) is 8.00. The van der Waals surface area contributed by atoms with E-state index >= 15 is 0 Å². The zero-order valence-corrected chi connectivity index (χ0v) is 22.7. The predicted molar refractivity (Wildman–Crippen MR) is 142 cm³/mol. The first-order valence-corrected chi connectivity index (χ1v) is 12.6. The van der Waals surface area contributed by atoms with Crippen molar-refractivity contribution in [3.05, 3.63) is 81.0 Å². The molecule has 38 heavy (non-hydrogen) atoms. The number of allylic oxidation sites excluding steroid dienone is 3. The molecule has 0 fully saturated rings. The van der Waals surface area contributed by atoms with Crippen molar-refractivity contribution in [3.8, 4) is 17.6 Å². The number of benzene rings is 2. The number of nitriles is 1. The van der Waals surface area contributed by atoms with Crippen LogP contribution in [0.2, 0.25) is 5.02 Å². The van der Waals surface area contributed by atoms with Crippen LogP contribution in [0.25, 0.3) is 0 Å². The van der Waals surface area contributed by atoms with Crippen LogP contribution in [-0.2, 0) is 16.1 Å². The van der Waals surface area contributed by atoms with Gasteiger partial charge in [0.05, 0.1) is 36.3 Å². The van der Waals surface area contributed by atoms with Crippen LogP contribution in [0.5, 0.6) is 11.5 Å². The van der Waals surface area contributed by atoms with Gasteiger partial charge in [0.2, 0.25) is 0 Å². The number of hydrogen-bond donors (Lipinski definition) is 1. The molecule has 0 saturated heterocycles. The van der Waals surface area contributed by atoms with Gasteiger partial charge in [-0.1, -0.05) is 37.6 Å². The number of nitrogens with zero attached hydrogens (tertiary/aromatic N) is 2. The Bertz CT molecular complexity index is 1340. The lowest BCUT2D eigenvalue weighted by atomic mass is 9.68. The van der Waals surface area contributed by atoms with Crippen LogP contribution in [0.4, 0.5) is 4.39 Å². The molecule has 0 radical (unpaired) electrons. The Labute approximate surface area is 227 Å². The minimum atomic E-state index is -0.699. The van der Waals surface area contributed by atoms with Crippen molar-refractivity contribution in [3.63, 3.8) is 0 Å². The molecule has 1 heterocycles. The molecule has 2 aliphatic rings. The predicted octanol–water partition coefficient (Wildman–Crippen LogP) is 5.45. The monoisotopic (exact) mass is 539 g/mol. The van der Waals surface area contributed by atoms with Crippen LogP contribution in [-0.4, -0.2) is 38.1 Å². The van der Waals surface area contributed by atoms with Gasteiger partial charge in [0.15, 0.2) is 17.3 Å². The van der Waals surface area contributed by atoms with E-state index in [1.807, 2.05) is 18.7 Å². The topological polar surface area (TPSA) is 97.8 Å². The molecule has 2 N–H and O–H groups in total. The minimum Gasteiger partial charge on any atom is -0.493 e. The van der Waals surface area contributed by atoms with Crippen LogP contribution in [0.3, 0.4) is 0 Å². The third kappa shape index (κ3) is 5.35. The van der Waals surface area contributed by atoms with Gasteiger partial charge in [-0.3, -0.25) is 4.79 Å². The zero-order chi connectivity index (χ0) is 27.6. The smallest absolute Gasteiger partial charge is 0.180 e. The van der Waals surface area contributed by atoms with E-state index in [1.165, 1.54) is 19.2 Å². The maximum atomic E-state index is 13.6. The summed E-state index contributed by atoms with van der Waals surface area (Å²) < 4.78 is 30.1. The summed E-state index contributed by atoms with van der Waals surface area (Å²) in [7, 11) is 3.08. The number of ether oxygens (including phenoxy) is 3. The summed E-state index contributed by atoms with van der Waals surface area (Å²) in [4.78, 5) is 15.4. The van der Waals surface area contributed by atoms with E-state index in [2.05, 4.69) is 6.07 Å². The van der Waals surface area contributed by atoms with E-state index < -0.39 is 5.92 Å². The highest BCUT2D eigenvalue weighted by Crippen LogP contribution is 2.50. The Hall–Kier alpha value is -3.54. The number of carbonyl (C=O) groups excluding carboxylic acids is 1. The number of Topliss-reactive ketones (excluding diaryl/α,β-unsaturated/α-hetero) is 1. The summed E-state index contributed by atoms with van der Waals surface area (Å²) in [5.74, 6) is -0.119. The summed E-state index contributed by atoms with van der Waals surface area (Å²) in [6, 6.07) is 11.6. The van der Waals surface area contributed by atoms with E-state index in [4.69, 9.17) is 31.5 Å². The second-order valence-corrected chi connectivity index (χ2v) is 10.6. The van der Waals surface area contributed by atoms with Crippen LogP contribution in [0, 0.1) is 22.6 Å². The van der Waals surface area contributed by atoms with E-state index in [0.29, 0.717) is 54.4 Å². The zero-order valence-electron chi connectivity index (χ0n) is 21.9. The lowest BCUT2D eigenvalue weighted by Gasteiger charge is -2.43. The largest absolute Gasteiger partial charge is 0.493 e. The first-order valence-electron chi connectivity index (χ1n) is 12.3. The van der Waals surface area contributed by atoms with Gasteiger partial charge < -0.3 is 24.8 Å². The molecule has 0 unspecified atom stereocenters. The molecule has 4 rings (SSSR count). The molecule has 0 aromatic heterocycles. The first kappa shape index (κ1) is 27.5. The van der Waals surface area contributed by atoms with Gasteiger partial charge in [-0.05, 0) is 47.2 Å². The molecule has 1 atom stereocenters. The molecule has 2 aromatic rings. The van der Waals surface area contributed by atoms with Gasteiger partial charge in [-0.15, -0.1) is 0 Å². The van der Waals surface area contributed by atoms with Crippen molar-refractivity contribution in [2.45, 2.75) is 39.2 Å². The van der Waals surface area contributed by atoms with Gasteiger partial charge >= 0.3 is 0 Å². The SMILES string of the molecule is COCCN1C(N)=C(C#N)[C@@H](c2cc(Cl)c(OCc3ccc(F)cc3)c(OC)c2)C2=C1CC(C)(C)CC2=O. The minimum absolute atomic E-state index is 0.0318. The standard InChI is InChI=1S/C29H31ClFN3O4/c1-29(2)13-22-26(23(35)14-29)25(20(15-32)28(33)34(22)9-10-36-3)18-11-21(30)27(24(12-18)37-4)38-16-17-5-7-19(31)8-6-17/h5-8,11-12,25H,9-10,13-14,16,33H2,1-4H3/t25-/m1/s1. The molecule has 200 valence electrons. The van der Waals surface area contributed by atoms with E-state index in [9.17, 15) is 14.4 Å². The molecule has 0 saturated carbocycles. The van der Waals surface area contributed by atoms with E-state index in [1.54, 1.807) is 31.4 Å². The molecule has 0 amide bonds. The van der Waals surface area contributed by atoms with Crippen LogP contribution in [0.15, 0.2) is 59.1 Å². The molecular weight excluding hydrogens is 509 g/mol. The third-order valence-corrected chi connectivity index (χ3v) is 7.17. The van der Waals surface area contributed by atoms with Crippen molar-refractivity contribution in [1.29, 1.82) is 5.26 Å². The lowest BCUT2D eigenvalue weighted by molar-refractivity contribution is -0.118. The molecule has 0 spiro atoms. The summed E-state index contributed by atoms with van der Waals surface area (Å²) in [6.45, 7) is 5.04. The Morgan fingerprint density at radius 1 is 1.21 bits per heavy atom. The van der Waals surface area contributed by atoms with Crippen LogP contribution < -0.4 is 15.2 Å². The fraction of sp³-hybridized carbons (Fsp3) is 0.379. The average Bonchev–Trinajstić information content (AvgIpc) is 2.87. The highest BCUT2D eigenvalue weighted by molar-refractivity contribution is 6.32. The molecule has 9 heteroatoms. The molecular formula is C29H31ClFN3O4. The van der Waals surface area contributed by atoms with Crippen molar-refractivity contribution in [1.82, 2.24) is 4.90 Å². The molecule has 1 aliphatic heterocycles. The summed E-state index contributed by atoms with van der Waals surface area (Å²) in [5.41, 5.74) is 9.29. The van der Waals surface area contributed by atoms with Gasteiger partial charge in [-0.2, -0.15) is 5.26 Å². The Balaban J connectivity index is 1.79. The van der Waals surface area contributed by atoms with Crippen LogP contribution in [0.1, 0.15) is 43.7 Å². The fourth-order valence-electron chi connectivity index (χ4n) is 5.13. The van der Waals surface area contributed by atoms with Crippen molar-refractivity contribution in [2.75, 3.05) is 27.4 Å². The third-order valence-electron chi connectivity index (χ3n) is 6.89. The van der Waals surface area contributed by atoms with Crippen LogP contribution >= 0.6 is 11.6 Å². The van der Waals surface area contributed by atoms with E-state index in [0.717, 1.165) is 11.3 Å². The summed E-state index contributed by atoms with van der Waals surface area (Å²) in [5, 5.41) is 10.5. The fourth-order valence-corrected chi connectivity index (χ4v) is 5.40. The molecule has 0 bridgehead atoms. The molecule has 2 aromatic carbocycles. The normalized spacial score (nSPS) is 18.8. The number of ketones is 1. The second-order valence-electron chi connectivity index (χ2n) is 10.2. The summed E-state index contributed by atoms with van der Waals surface area (Å²) in [6.07, 6.45) is 0.972. The van der Waals surface area contributed by atoms with Gasteiger partial charge in [0.1, 0.15) is 18.2 Å². The second kappa shape index (κ2) is 11.1. The quantitative estimate of drug-likeness (QED) is 0.476. The highest BCUT2D eigenvalue weighted by atomic mass is 35.5. The lowest BCUT2D eigenvalue weighted by Crippen LogP contribution is -2.43. The maximum Gasteiger partial charge on any atom is 0.180 e. The number of methoxy groups -OCH3 is 2. The number of carbonyl (C=O) groups is 1. The van der Waals surface area contributed by atoms with Gasteiger partial charge in [-0.25, -0.2) is 4.39 Å². The van der Waals surface area contributed by atoms with Gasteiger partial charge in [0, 0.05) is 31.3 Å². The number of hydrogen-bond acceptors (Lipinski definition) is 7. The number of rotatable bonds is 8. The average molecular weight is 540 g/mol. The Morgan fingerprint density at radius 2 is 1.92 bits per heavy atom. The molecule has 7 nitrogen and oxygen atoms in total. The van der Waals surface area contributed by atoms with Gasteiger partial charge in [0.25, 0.3) is 0 Å². The first-order chi connectivity index (χ1) is 18.1. The maximum absolute atomic E-state index is 13.6.